The number of nitrogens with two attached hydrogens (primary N) is 1. The van der Waals surface area contributed by atoms with Gasteiger partial charge in [-0.3, -0.25) is 0 Å². The van der Waals surface area contributed by atoms with Crippen molar-refractivity contribution in [2.24, 2.45) is 0 Å². The third-order valence-corrected chi connectivity index (χ3v) is 2.46. The molecule has 0 bridgehead atoms. The van der Waals surface area contributed by atoms with Gasteiger partial charge in [-0.05, 0) is 31.2 Å². The first-order valence-electron chi connectivity index (χ1n) is 6.22. The summed E-state index contributed by atoms with van der Waals surface area (Å²) in [5.41, 5.74) is 6.28. The zero-order chi connectivity index (χ0) is 15.2. The van der Waals surface area contributed by atoms with E-state index in [4.69, 9.17) is 15.2 Å². The van der Waals surface area contributed by atoms with Crippen LogP contribution in [0, 0.1) is 0 Å². The third kappa shape index (κ3) is 3.78. The van der Waals surface area contributed by atoms with Gasteiger partial charge in [0.05, 0.1) is 13.7 Å². The van der Waals surface area contributed by atoms with Gasteiger partial charge in [-0.15, -0.1) is 0 Å². The maximum Gasteiger partial charge on any atom is 0.376 e. The van der Waals surface area contributed by atoms with E-state index < -0.39 is 5.97 Å². The Morgan fingerprint density at radius 3 is 2.57 bits per heavy atom. The molecular formula is C13H15N5O3. The summed E-state index contributed by atoms with van der Waals surface area (Å²) in [4.78, 5) is 23.2. The minimum atomic E-state index is -0.649. The number of ether oxygens (including phenoxy) is 2. The quantitative estimate of drug-likeness (QED) is 0.794. The Morgan fingerprint density at radius 2 is 1.95 bits per heavy atom. The van der Waals surface area contributed by atoms with Crippen molar-refractivity contribution in [1.29, 1.82) is 0 Å². The molecular weight excluding hydrogens is 274 g/mol. The number of carbonyl (C=O) groups excluding carboxylic acids is 1. The summed E-state index contributed by atoms with van der Waals surface area (Å²) in [6, 6.07) is 7.12. The highest BCUT2D eigenvalue weighted by Gasteiger charge is 2.13. The maximum atomic E-state index is 11.6. The molecule has 0 spiro atoms. The van der Waals surface area contributed by atoms with Gasteiger partial charge in [-0.25, -0.2) is 4.79 Å². The number of carbonyl (C=O) groups is 1. The Morgan fingerprint density at radius 1 is 1.24 bits per heavy atom. The molecule has 0 radical (unpaired) electrons. The number of nitrogen functional groups attached to an aromatic ring is 1. The molecule has 0 aliphatic carbocycles. The van der Waals surface area contributed by atoms with Gasteiger partial charge in [0.2, 0.25) is 17.7 Å². The first-order chi connectivity index (χ1) is 10.1. The van der Waals surface area contributed by atoms with Crippen molar-refractivity contribution >= 4 is 23.6 Å². The van der Waals surface area contributed by atoms with Crippen LogP contribution in [0.1, 0.15) is 17.5 Å². The summed E-state index contributed by atoms with van der Waals surface area (Å²) in [5.74, 6) is 0.0347. The average molecular weight is 289 g/mol. The van der Waals surface area contributed by atoms with Crippen LogP contribution in [0.5, 0.6) is 5.75 Å². The zero-order valence-corrected chi connectivity index (χ0v) is 11.7. The summed E-state index contributed by atoms with van der Waals surface area (Å²) in [7, 11) is 1.58. The lowest BCUT2D eigenvalue weighted by molar-refractivity contribution is 0.0512. The number of benzene rings is 1. The van der Waals surface area contributed by atoms with Gasteiger partial charge in [0.15, 0.2) is 0 Å². The van der Waals surface area contributed by atoms with Gasteiger partial charge in [-0.2, -0.15) is 15.0 Å². The molecule has 0 amide bonds. The van der Waals surface area contributed by atoms with Gasteiger partial charge >= 0.3 is 5.97 Å². The number of methoxy groups -OCH3 is 1. The lowest BCUT2D eigenvalue weighted by Crippen LogP contribution is -2.14. The first kappa shape index (κ1) is 14.5. The second-order valence-electron chi connectivity index (χ2n) is 3.91. The standard InChI is InChI=1S/C13H15N5O3/c1-3-21-11(19)10-16-12(14)18-13(17-10)15-8-4-6-9(20-2)7-5-8/h4-7H,3H2,1-2H3,(H3,14,15,16,17,18). The molecule has 2 aromatic rings. The number of hydrogen-bond donors (Lipinski definition) is 2. The number of aromatic nitrogens is 3. The fraction of sp³-hybridized carbons (Fsp3) is 0.231. The SMILES string of the molecule is CCOC(=O)c1nc(N)nc(Nc2ccc(OC)cc2)n1. The first-order valence-corrected chi connectivity index (χ1v) is 6.22. The average Bonchev–Trinajstić information content (AvgIpc) is 2.47. The van der Waals surface area contributed by atoms with E-state index in [0.717, 1.165) is 11.4 Å². The molecule has 0 aliphatic rings. The Hall–Kier alpha value is -2.90. The van der Waals surface area contributed by atoms with Crippen molar-refractivity contribution in [3.63, 3.8) is 0 Å². The summed E-state index contributed by atoms with van der Waals surface area (Å²) >= 11 is 0. The van der Waals surface area contributed by atoms with Crippen molar-refractivity contribution in [3.05, 3.63) is 30.1 Å². The van der Waals surface area contributed by atoms with Gasteiger partial charge in [-0.1, -0.05) is 0 Å². The van der Waals surface area contributed by atoms with Crippen LogP contribution in [0.3, 0.4) is 0 Å². The number of nitrogens with one attached hydrogen (secondary N) is 1. The number of nitrogens with zero attached hydrogens (tertiary/aromatic N) is 3. The van der Waals surface area contributed by atoms with Crippen molar-refractivity contribution in [2.75, 3.05) is 24.8 Å². The Labute approximate surface area is 121 Å². The summed E-state index contributed by atoms with van der Waals surface area (Å²) in [5, 5.41) is 2.93. The fourth-order valence-electron chi connectivity index (χ4n) is 1.54. The second-order valence-corrected chi connectivity index (χ2v) is 3.91. The summed E-state index contributed by atoms with van der Waals surface area (Å²) in [6.07, 6.45) is 0. The van der Waals surface area contributed by atoms with E-state index in [0.29, 0.717) is 0 Å². The molecule has 1 aromatic heterocycles. The maximum absolute atomic E-state index is 11.6. The highest BCUT2D eigenvalue weighted by Crippen LogP contribution is 2.18. The highest BCUT2D eigenvalue weighted by molar-refractivity contribution is 5.85. The molecule has 0 saturated heterocycles. The molecule has 0 unspecified atom stereocenters. The number of esters is 1. The van der Waals surface area contributed by atoms with Crippen LogP contribution in [0.4, 0.5) is 17.6 Å². The second kappa shape index (κ2) is 6.51. The van der Waals surface area contributed by atoms with Crippen LogP contribution in [-0.2, 0) is 4.74 Å². The molecule has 8 nitrogen and oxygen atoms in total. The van der Waals surface area contributed by atoms with E-state index in [1.54, 1.807) is 38.3 Å². The Kier molecular flexibility index (Phi) is 4.50. The topological polar surface area (TPSA) is 112 Å². The molecule has 21 heavy (non-hydrogen) atoms. The molecule has 1 heterocycles. The molecule has 110 valence electrons. The van der Waals surface area contributed by atoms with Crippen molar-refractivity contribution in [3.8, 4) is 5.75 Å². The van der Waals surface area contributed by atoms with Crippen molar-refractivity contribution < 1.29 is 14.3 Å². The molecule has 0 atom stereocenters. The normalized spacial score (nSPS) is 10.0. The third-order valence-electron chi connectivity index (χ3n) is 2.46. The van der Waals surface area contributed by atoms with E-state index >= 15 is 0 Å². The van der Waals surface area contributed by atoms with E-state index in [1.165, 1.54) is 0 Å². The van der Waals surface area contributed by atoms with Gasteiger partial charge in [0, 0.05) is 5.69 Å². The Balaban J connectivity index is 2.20. The van der Waals surface area contributed by atoms with E-state index in [1.807, 2.05) is 0 Å². The number of anilines is 3. The number of hydrogen-bond acceptors (Lipinski definition) is 8. The van der Waals surface area contributed by atoms with Gasteiger partial charge in [0.25, 0.3) is 0 Å². The largest absolute Gasteiger partial charge is 0.497 e. The molecule has 3 N–H and O–H groups in total. The van der Waals surface area contributed by atoms with E-state index in [9.17, 15) is 4.79 Å². The lowest BCUT2D eigenvalue weighted by Gasteiger charge is -2.07. The van der Waals surface area contributed by atoms with Crippen molar-refractivity contribution in [2.45, 2.75) is 6.92 Å². The van der Waals surface area contributed by atoms with Crippen LogP contribution in [0.2, 0.25) is 0 Å². The molecule has 1 aromatic carbocycles. The van der Waals surface area contributed by atoms with Crippen LogP contribution in [0.25, 0.3) is 0 Å². The minimum Gasteiger partial charge on any atom is -0.497 e. The Bertz CT molecular complexity index is 630. The smallest absolute Gasteiger partial charge is 0.376 e. The molecule has 8 heteroatoms. The summed E-state index contributed by atoms with van der Waals surface area (Å²) < 4.78 is 9.89. The minimum absolute atomic E-state index is 0.0657. The summed E-state index contributed by atoms with van der Waals surface area (Å²) in [6.45, 7) is 1.92. The molecule has 2 rings (SSSR count). The highest BCUT2D eigenvalue weighted by atomic mass is 16.5. The predicted octanol–water partition coefficient (Wildman–Crippen LogP) is 1.38. The molecule has 0 aliphatic heterocycles. The zero-order valence-electron chi connectivity index (χ0n) is 11.7. The molecule has 0 saturated carbocycles. The lowest BCUT2D eigenvalue weighted by atomic mass is 10.3. The van der Waals surface area contributed by atoms with Crippen LogP contribution < -0.4 is 15.8 Å². The van der Waals surface area contributed by atoms with Gasteiger partial charge in [0.1, 0.15) is 5.75 Å². The monoisotopic (exact) mass is 289 g/mol. The predicted molar refractivity (Wildman–Crippen MR) is 76.5 cm³/mol. The fourth-order valence-corrected chi connectivity index (χ4v) is 1.54. The van der Waals surface area contributed by atoms with Gasteiger partial charge < -0.3 is 20.5 Å². The van der Waals surface area contributed by atoms with E-state index in [-0.39, 0.29) is 24.3 Å². The van der Waals surface area contributed by atoms with Crippen molar-refractivity contribution in [1.82, 2.24) is 15.0 Å². The van der Waals surface area contributed by atoms with Crippen LogP contribution in [-0.4, -0.2) is 34.6 Å². The van der Waals surface area contributed by atoms with E-state index in [2.05, 4.69) is 20.3 Å². The van der Waals surface area contributed by atoms with Crippen LogP contribution >= 0.6 is 0 Å². The van der Waals surface area contributed by atoms with Crippen LogP contribution in [0.15, 0.2) is 24.3 Å². The molecule has 0 fully saturated rings. The number of rotatable bonds is 5.